The molecule has 158 valence electrons. The highest BCUT2D eigenvalue weighted by molar-refractivity contribution is 14.0. The number of hydrogen-bond acceptors (Lipinski definition) is 3. The molecule has 0 saturated carbocycles. The zero-order chi connectivity index (χ0) is 20.1. The standard InChI is InChI=1S/C22H26N6O.HI/c1-23-22(24-11-6-12-28-15-26-19-9-4-5-10-20(19)28)25-14-16-13-21(29)27-18-8-3-2-7-17(16)18;/h2-5,7-10,15-16H,6,11-14H2,1H3,(H,27,29)(H2,23,24,25);1H. The van der Waals surface area contributed by atoms with Gasteiger partial charge in [0.15, 0.2) is 5.96 Å². The summed E-state index contributed by atoms with van der Waals surface area (Å²) in [4.78, 5) is 20.7. The molecule has 1 aromatic heterocycles. The summed E-state index contributed by atoms with van der Waals surface area (Å²) in [6, 6.07) is 16.1. The van der Waals surface area contributed by atoms with Crippen LogP contribution >= 0.6 is 24.0 Å². The van der Waals surface area contributed by atoms with Gasteiger partial charge in [-0.05, 0) is 30.2 Å². The van der Waals surface area contributed by atoms with Crippen molar-refractivity contribution in [2.75, 3.05) is 25.5 Å². The third kappa shape index (κ3) is 5.10. The Hall–Kier alpha value is -2.62. The SMILES string of the molecule is CN=C(NCCCn1cnc2ccccc21)NCC1CC(=O)Nc2ccccc21.I. The first-order valence-electron chi connectivity index (χ1n) is 9.98. The average molecular weight is 518 g/mol. The lowest BCUT2D eigenvalue weighted by Gasteiger charge is -2.26. The lowest BCUT2D eigenvalue weighted by Crippen LogP contribution is -2.41. The first kappa shape index (κ1) is 22.1. The van der Waals surface area contributed by atoms with E-state index in [4.69, 9.17) is 0 Å². The molecular formula is C22H27IN6O. The molecule has 1 unspecified atom stereocenters. The van der Waals surface area contributed by atoms with Crippen LogP contribution in [0.25, 0.3) is 11.0 Å². The summed E-state index contributed by atoms with van der Waals surface area (Å²) in [5.41, 5.74) is 4.26. The number of fused-ring (bicyclic) bond motifs is 2. The second-order valence-electron chi connectivity index (χ2n) is 7.20. The number of aryl methyl sites for hydroxylation is 1. The molecule has 30 heavy (non-hydrogen) atoms. The second-order valence-corrected chi connectivity index (χ2v) is 7.20. The highest BCUT2D eigenvalue weighted by Gasteiger charge is 2.24. The van der Waals surface area contributed by atoms with Crippen molar-refractivity contribution in [2.45, 2.75) is 25.3 Å². The van der Waals surface area contributed by atoms with E-state index in [0.29, 0.717) is 13.0 Å². The highest BCUT2D eigenvalue weighted by atomic mass is 127. The molecule has 3 aromatic rings. The maximum Gasteiger partial charge on any atom is 0.225 e. The Balaban J connectivity index is 0.00000256. The summed E-state index contributed by atoms with van der Waals surface area (Å²) in [6.07, 6.45) is 3.33. The first-order chi connectivity index (χ1) is 14.2. The van der Waals surface area contributed by atoms with Crippen molar-refractivity contribution in [3.8, 4) is 0 Å². The molecule has 0 bridgehead atoms. The Bertz CT molecular complexity index is 1030. The summed E-state index contributed by atoms with van der Waals surface area (Å²) in [7, 11) is 1.76. The van der Waals surface area contributed by atoms with Gasteiger partial charge in [0, 0.05) is 44.7 Å². The quantitative estimate of drug-likeness (QED) is 0.202. The van der Waals surface area contributed by atoms with Crippen LogP contribution < -0.4 is 16.0 Å². The van der Waals surface area contributed by atoms with E-state index < -0.39 is 0 Å². The molecule has 0 fully saturated rings. The first-order valence-corrected chi connectivity index (χ1v) is 9.98. The average Bonchev–Trinajstić information content (AvgIpc) is 3.16. The lowest BCUT2D eigenvalue weighted by molar-refractivity contribution is -0.116. The summed E-state index contributed by atoms with van der Waals surface area (Å²) >= 11 is 0. The number of aliphatic imine (C=N–C) groups is 1. The fraction of sp³-hybridized carbons (Fsp3) is 0.318. The number of nitrogens with one attached hydrogen (secondary N) is 3. The van der Waals surface area contributed by atoms with Crippen LogP contribution in [0.15, 0.2) is 59.9 Å². The molecule has 1 amide bonds. The number of benzene rings is 2. The van der Waals surface area contributed by atoms with Gasteiger partial charge in [-0.1, -0.05) is 30.3 Å². The van der Waals surface area contributed by atoms with Gasteiger partial charge in [-0.2, -0.15) is 0 Å². The third-order valence-corrected chi connectivity index (χ3v) is 5.24. The molecule has 1 aliphatic heterocycles. The van der Waals surface area contributed by atoms with Gasteiger partial charge >= 0.3 is 0 Å². The Morgan fingerprint density at radius 2 is 2.00 bits per heavy atom. The predicted octanol–water partition coefficient (Wildman–Crippen LogP) is 3.34. The highest BCUT2D eigenvalue weighted by Crippen LogP contribution is 2.31. The van der Waals surface area contributed by atoms with Gasteiger partial charge in [0.05, 0.1) is 17.4 Å². The molecule has 3 N–H and O–H groups in total. The molecule has 4 rings (SSSR count). The van der Waals surface area contributed by atoms with Gasteiger partial charge in [-0.25, -0.2) is 4.98 Å². The molecular weight excluding hydrogens is 491 g/mol. The molecule has 0 radical (unpaired) electrons. The van der Waals surface area contributed by atoms with E-state index >= 15 is 0 Å². The van der Waals surface area contributed by atoms with Crippen molar-refractivity contribution in [3.05, 3.63) is 60.4 Å². The number of rotatable bonds is 6. The maximum absolute atomic E-state index is 12.0. The number of halogens is 1. The number of carbonyl (C=O) groups is 1. The monoisotopic (exact) mass is 518 g/mol. The van der Waals surface area contributed by atoms with Crippen molar-refractivity contribution in [1.29, 1.82) is 0 Å². The van der Waals surface area contributed by atoms with Gasteiger partial charge in [-0.3, -0.25) is 9.79 Å². The topological polar surface area (TPSA) is 83.3 Å². The van der Waals surface area contributed by atoms with Crippen LogP contribution in [0, 0.1) is 0 Å². The van der Waals surface area contributed by atoms with E-state index in [1.54, 1.807) is 7.05 Å². The van der Waals surface area contributed by atoms with Gasteiger partial charge in [0.2, 0.25) is 5.91 Å². The number of amides is 1. The van der Waals surface area contributed by atoms with Gasteiger partial charge in [0.25, 0.3) is 0 Å². The van der Waals surface area contributed by atoms with Crippen molar-refractivity contribution in [3.63, 3.8) is 0 Å². The van der Waals surface area contributed by atoms with Crippen LogP contribution in [0.2, 0.25) is 0 Å². The minimum Gasteiger partial charge on any atom is -0.356 e. The molecule has 8 heteroatoms. The molecule has 1 aliphatic rings. The number of guanidine groups is 1. The predicted molar refractivity (Wildman–Crippen MR) is 132 cm³/mol. The number of hydrogen-bond donors (Lipinski definition) is 3. The normalized spacial score (nSPS) is 15.8. The maximum atomic E-state index is 12.0. The van der Waals surface area contributed by atoms with Crippen LogP contribution in [-0.2, 0) is 11.3 Å². The Morgan fingerprint density at radius 3 is 2.87 bits per heavy atom. The summed E-state index contributed by atoms with van der Waals surface area (Å²) < 4.78 is 2.17. The van der Waals surface area contributed by atoms with Crippen LogP contribution in [-0.4, -0.2) is 41.6 Å². The molecule has 0 aliphatic carbocycles. The van der Waals surface area contributed by atoms with E-state index in [0.717, 1.165) is 42.2 Å². The lowest BCUT2D eigenvalue weighted by atomic mass is 9.90. The summed E-state index contributed by atoms with van der Waals surface area (Å²) in [5, 5.41) is 9.66. The number of anilines is 1. The van der Waals surface area contributed by atoms with Gasteiger partial charge < -0.3 is 20.5 Å². The Labute approximate surface area is 193 Å². The molecule has 0 saturated heterocycles. The van der Waals surface area contributed by atoms with E-state index in [2.05, 4.69) is 42.6 Å². The van der Waals surface area contributed by atoms with Crippen LogP contribution in [0.4, 0.5) is 5.69 Å². The Kier molecular flexibility index (Phi) is 7.67. The zero-order valence-corrected chi connectivity index (χ0v) is 19.3. The summed E-state index contributed by atoms with van der Waals surface area (Å²) in [6.45, 7) is 2.35. The second kappa shape index (κ2) is 10.4. The minimum absolute atomic E-state index is 0. The summed E-state index contributed by atoms with van der Waals surface area (Å²) in [5.74, 6) is 0.950. The fourth-order valence-corrected chi connectivity index (χ4v) is 3.77. The molecule has 2 heterocycles. The van der Waals surface area contributed by atoms with Gasteiger partial charge in [0.1, 0.15) is 0 Å². The van der Waals surface area contributed by atoms with Crippen molar-refractivity contribution >= 4 is 52.6 Å². The van der Waals surface area contributed by atoms with E-state index in [9.17, 15) is 4.79 Å². The molecule has 0 spiro atoms. The van der Waals surface area contributed by atoms with Crippen LogP contribution in [0.5, 0.6) is 0 Å². The molecule has 2 aromatic carbocycles. The van der Waals surface area contributed by atoms with E-state index in [-0.39, 0.29) is 35.8 Å². The number of para-hydroxylation sites is 3. The number of imidazole rings is 1. The fourth-order valence-electron chi connectivity index (χ4n) is 3.77. The number of aromatic nitrogens is 2. The largest absolute Gasteiger partial charge is 0.356 e. The Morgan fingerprint density at radius 1 is 1.20 bits per heavy atom. The van der Waals surface area contributed by atoms with Crippen LogP contribution in [0.3, 0.4) is 0 Å². The van der Waals surface area contributed by atoms with E-state index in [1.807, 2.05) is 42.7 Å². The smallest absolute Gasteiger partial charge is 0.225 e. The molecule has 7 nitrogen and oxygen atoms in total. The van der Waals surface area contributed by atoms with Crippen molar-refractivity contribution in [2.24, 2.45) is 4.99 Å². The van der Waals surface area contributed by atoms with Crippen molar-refractivity contribution < 1.29 is 4.79 Å². The van der Waals surface area contributed by atoms with E-state index in [1.165, 1.54) is 5.56 Å². The zero-order valence-electron chi connectivity index (χ0n) is 17.0. The minimum atomic E-state index is 0. The van der Waals surface area contributed by atoms with Gasteiger partial charge in [-0.15, -0.1) is 24.0 Å². The number of carbonyl (C=O) groups excluding carboxylic acids is 1. The molecule has 1 atom stereocenters. The third-order valence-electron chi connectivity index (χ3n) is 5.24. The van der Waals surface area contributed by atoms with Crippen molar-refractivity contribution in [1.82, 2.24) is 20.2 Å². The number of nitrogens with zero attached hydrogens (tertiary/aromatic N) is 3. The van der Waals surface area contributed by atoms with Crippen LogP contribution in [0.1, 0.15) is 24.3 Å².